The lowest BCUT2D eigenvalue weighted by molar-refractivity contribution is 0.213. The highest BCUT2D eigenvalue weighted by Crippen LogP contribution is 2.49. The van der Waals surface area contributed by atoms with Gasteiger partial charge < -0.3 is 13.9 Å². The van der Waals surface area contributed by atoms with Gasteiger partial charge in [0.25, 0.3) is 8.32 Å². The maximum Gasteiger partial charge on any atom is 0.250 e. The van der Waals surface area contributed by atoms with Crippen LogP contribution in [-0.2, 0) is 6.42 Å². The average Bonchev–Trinajstić information content (AvgIpc) is 3.14. The van der Waals surface area contributed by atoms with Crippen LogP contribution in [-0.4, -0.2) is 15.4 Å². The zero-order valence-electron chi connectivity index (χ0n) is 20.2. The molecule has 0 spiro atoms. The molecule has 3 rings (SSSR count). The van der Waals surface area contributed by atoms with E-state index in [1.807, 2.05) is 0 Å². The van der Waals surface area contributed by atoms with Gasteiger partial charge in [0.15, 0.2) is 5.75 Å². The topological polar surface area (TPSA) is 27.7 Å². The third-order valence-electron chi connectivity index (χ3n) is 6.92. The second-order valence-electron chi connectivity index (χ2n) is 8.54. The fourth-order valence-electron chi connectivity index (χ4n) is 4.67. The van der Waals surface area contributed by atoms with Crippen molar-refractivity contribution in [1.29, 1.82) is 0 Å². The normalized spacial score (nSPS) is 18.2. The minimum absolute atomic E-state index is 0.0189. The first kappa shape index (κ1) is 23.5. The van der Waals surface area contributed by atoms with Gasteiger partial charge in [-0.1, -0.05) is 52.8 Å². The lowest BCUT2D eigenvalue weighted by atomic mass is 9.90. The number of methoxy groups -OCH3 is 1. The van der Waals surface area contributed by atoms with Crippen LogP contribution in [0.3, 0.4) is 0 Å². The Labute approximate surface area is 189 Å². The van der Waals surface area contributed by atoms with E-state index in [9.17, 15) is 0 Å². The van der Waals surface area contributed by atoms with Gasteiger partial charge in [-0.15, -0.1) is 0 Å². The molecule has 0 N–H and O–H groups in total. The molecule has 0 aliphatic carbocycles. The third-order valence-corrected chi connectivity index (χ3v) is 11.4. The van der Waals surface area contributed by atoms with E-state index in [0.717, 1.165) is 47.4 Å². The van der Waals surface area contributed by atoms with Crippen LogP contribution in [0.5, 0.6) is 17.2 Å². The Hall–Kier alpha value is -2.20. The van der Waals surface area contributed by atoms with Crippen molar-refractivity contribution in [3.05, 3.63) is 58.7 Å². The monoisotopic (exact) mass is 438 g/mol. The highest BCUT2D eigenvalue weighted by molar-refractivity contribution is 6.74. The second-order valence-corrected chi connectivity index (χ2v) is 13.2. The Balaban J connectivity index is 1.94. The summed E-state index contributed by atoms with van der Waals surface area (Å²) in [4.78, 5) is 0. The number of rotatable bonds is 9. The van der Waals surface area contributed by atoms with Crippen molar-refractivity contribution >= 4 is 14.4 Å². The average molecular weight is 439 g/mol. The quantitative estimate of drug-likeness (QED) is 0.372. The molecule has 2 aromatic rings. The van der Waals surface area contributed by atoms with Crippen LogP contribution in [0.15, 0.2) is 36.4 Å². The Morgan fingerprint density at radius 3 is 2.29 bits per heavy atom. The molecule has 0 fully saturated rings. The summed E-state index contributed by atoms with van der Waals surface area (Å²) in [6.07, 6.45) is 5.20. The smallest absolute Gasteiger partial charge is 0.250 e. The van der Waals surface area contributed by atoms with Crippen LogP contribution >= 0.6 is 0 Å². The van der Waals surface area contributed by atoms with Gasteiger partial charge in [-0.25, -0.2) is 0 Å². The van der Waals surface area contributed by atoms with Gasteiger partial charge in [-0.05, 0) is 72.4 Å². The molecule has 1 heterocycles. The number of hydrogen-bond donors (Lipinski definition) is 0. The van der Waals surface area contributed by atoms with Crippen molar-refractivity contribution in [3.63, 3.8) is 0 Å². The van der Waals surface area contributed by atoms with Gasteiger partial charge >= 0.3 is 0 Å². The lowest BCUT2D eigenvalue weighted by Crippen LogP contribution is -2.39. The van der Waals surface area contributed by atoms with Crippen molar-refractivity contribution in [2.75, 3.05) is 7.11 Å². The molecule has 2 atom stereocenters. The van der Waals surface area contributed by atoms with Crippen LogP contribution in [0.4, 0.5) is 0 Å². The number of aryl methyl sites for hydroxylation is 1. The first-order valence-electron chi connectivity index (χ1n) is 11.8. The van der Waals surface area contributed by atoms with Gasteiger partial charge in [-0.2, -0.15) is 0 Å². The molecule has 1 aliphatic rings. The maximum absolute atomic E-state index is 6.62. The molecule has 3 nitrogen and oxygen atoms in total. The molecule has 0 saturated heterocycles. The molecule has 0 radical (unpaired) electrons. The van der Waals surface area contributed by atoms with Crippen LogP contribution in [0.2, 0.25) is 18.1 Å². The Morgan fingerprint density at radius 1 is 1.00 bits per heavy atom. The molecule has 4 heteroatoms. The molecule has 2 unspecified atom stereocenters. The summed E-state index contributed by atoms with van der Waals surface area (Å²) in [6.45, 7) is 13.3. The van der Waals surface area contributed by atoms with Gasteiger partial charge in [0.05, 0.1) is 7.11 Å². The Kier molecular flexibility index (Phi) is 7.53. The first-order chi connectivity index (χ1) is 14.9. The summed E-state index contributed by atoms with van der Waals surface area (Å²) in [7, 11) is -0.0369. The number of benzene rings is 2. The zero-order chi connectivity index (χ0) is 22.6. The minimum atomic E-state index is -1.76. The molecule has 0 amide bonds. The van der Waals surface area contributed by atoms with Crippen molar-refractivity contribution in [2.45, 2.75) is 78.1 Å². The molecular weight excluding hydrogens is 400 g/mol. The van der Waals surface area contributed by atoms with E-state index in [1.54, 1.807) is 7.11 Å². The SMILES string of the molecule is C/C=C/c1cc(CC)c2c(c1)C(C)C(c1ccc(O[Si](CC)(CC)CC)c(OC)c1)O2. The number of fused-ring (bicyclic) bond motifs is 1. The predicted octanol–water partition coefficient (Wildman–Crippen LogP) is 7.91. The molecule has 0 saturated carbocycles. The van der Waals surface area contributed by atoms with E-state index in [-0.39, 0.29) is 12.0 Å². The number of hydrogen-bond acceptors (Lipinski definition) is 3. The summed E-state index contributed by atoms with van der Waals surface area (Å²) in [5.74, 6) is 3.01. The summed E-state index contributed by atoms with van der Waals surface area (Å²) < 4.78 is 18.9. The lowest BCUT2D eigenvalue weighted by Gasteiger charge is -2.30. The highest BCUT2D eigenvalue weighted by Gasteiger charge is 2.35. The predicted molar refractivity (Wildman–Crippen MR) is 133 cm³/mol. The molecule has 0 aromatic heterocycles. The van der Waals surface area contributed by atoms with E-state index in [0.29, 0.717) is 0 Å². The third kappa shape index (κ3) is 4.54. The molecule has 2 aromatic carbocycles. The van der Waals surface area contributed by atoms with Gasteiger partial charge in [0.2, 0.25) is 0 Å². The van der Waals surface area contributed by atoms with E-state index in [4.69, 9.17) is 13.9 Å². The standard InChI is InChI=1S/C27H38O3Si/c1-8-13-20-16-21(9-2)27-23(17-20)19(6)26(29-27)22-14-15-24(25(18-22)28-7)30-31(10-3,11-4)12-5/h8,13-19,26H,9-12H2,1-7H3/b13-8+. The minimum Gasteiger partial charge on any atom is -0.541 e. The van der Waals surface area contributed by atoms with Crippen LogP contribution in [0.1, 0.15) is 75.8 Å². The van der Waals surface area contributed by atoms with Gasteiger partial charge in [0.1, 0.15) is 17.6 Å². The summed E-state index contributed by atoms with van der Waals surface area (Å²) in [5, 5.41) is 0. The van der Waals surface area contributed by atoms with Crippen molar-refractivity contribution < 1.29 is 13.9 Å². The summed E-state index contributed by atoms with van der Waals surface area (Å²) in [5.41, 5.74) is 4.96. The van der Waals surface area contributed by atoms with Gasteiger partial charge in [0, 0.05) is 11.5 Å². The number of allylic oxidation sites excluding steroid dienone is 1. The highest BCUT2D eigenvalue weighted by atomic mass is 28.4. The fourth-order valence-corrected chi connectivity index (χ4v) is 7.23. The zero-order valence-corrected chi connectivity index (χ0v) is 21.2. The molecule has 1 aliphatic heterocycles. The van der Waals surface area contributed by atoms with E-state index in [2.05, 4.69) is 84.0 Å². The van der Waals surface area contributed by atoms with Crippen molar-refractivity contribution in [2.24, 2.45) is 0 Å². The van der Waals surface area contributed by atoms with E-state index < -0.39 is 8.32 Å². The van der Waals surface area contributed by atoms with Crippen molar-refractivity contribution in [3.8, 4) is 17.2 Å². The number of ether oxygens (including phenoxy) is 2. The molecule has 168 valence electrons. The maximum atomic E-state index is 6.62. The first-order valence-corrected chi connectivity index (χ1v) is 14.3. The molecule has 0 bridgehead atoms. The second kappa shape index (κ2) is 9.95. The van der Waals surface area contributed by atoms with Crippen molar-refractivity contribution in [1.82, 2.24) is 0 Å². The van der Waals surface area contributed by atoms with E-state index in [1.165, 1.54) is 16.7 Å². The summed E-state index contributed by atoms with van der Waals surface area (Å²) in [6, 6.07) is 14.2. The van der Waals surface area contributed by atoms with Crippen LogP contribution in [0, 0.1) is 0 Å². The fraction of sp³-hybridized carbons (Fsp3) is 0.481. The van der Waals surface area contributed by atoms with Crippen LogP contribution < -0.4 is 13.9 Å². The molecule has 31 heavy (non-hydrogen) atoms. The van der Waals surface area contributed by atoms with E-state index >= 15 is 0 Å². The largest absolute Gasteiger partial charge is 0.541 e. The Bertz CT molecular complexity index is 922. The van der Waals surface area contributed by atoms with Gasteiger partial charge in [-0.3, -0.25) is 0 Å². The van der Waals surface area contributed by atoms with Crippen LogP contribution in [0.25, 0.3) is 6.08 Å². The molecular formula is C27H38O3Si. The Morgan fingerprint density at radius 2 is 1.71 bits per heavy atom. The summed E-state index contributed by atoms with van der Waals surface area (Å²) >= 11 is 0.